The molecule has 0 heterocycles. The molecule has 0 saturated carbocycles. The molecule has 0 saturated heterocycles. The molecule has 0 aromatic heterocycles. The van der Waals surface area contributed by atoms with Gasteiger partial charge < -0.3 is 20.7 Å². The van der Waals surface area contributed by atoms with E-state index in [1.807, 2.05) is 13.0 Å². The maximum atomic E-state index is 14.4. The third-order valence-electron chi connectivity index (χ3n) is 4.24. The maximum Gasteiger partial charge on any atom is 1.00 e. The van der Waals surface area contributed by atoms with Crippen LogP contribution >= 0.6 is 11.6 Å². The average Bonchev–Trinajstić information content (AvgIpc) is 2.53. The smallest absolute Gasteiger partial charge is 0.668 e. The standard InChI is InChI=1S/C19H20ClF2NO2.K.H2O/c1-11-7-13(20)4-3-12(11)8-16(18(25-2)10-19(23)24)15-6-5-14(21)9-17(15)22;;/h3-7,9,16,18H,8,10H2,1-2H3,(H2,23,24);;1H2/q;+1;/t16?,18-;;/m1../s1. The summed E-state index contributed by atoms with van der Waals surface area (Å²) in [5.74, 6) is -2.71. The van der Waals surface area contributed by atoms with Crippen LogP contribution in [0.2, 0.25) is 5.02 Å². The minimum Gasteiger partial charge on any atom is -0.668 e. The quantitative estimate of drug-likeness (QED) is 0.496. The summed E-state index contributed by atoms with van der Waals surface area (Å²) in [4.78, 5) is 11.3. The van der Waals surface area contributed by atoms with E-state index in [0.717, 1.165) is 17.2 Å². The monoisotopic (exact) mass is 424 g/mol. The third kappa shape index (κ3) is 7.51. The van der Waals surface area contributed by atoms with E-state index < -0.39 is 29.6 Å². The number of methoxy groups -OCH3 is 1. The second kappa shape index (κ2) is 12.2. The van der Waals surface area contributed by atoms with E-state index in [2.05, 4.69) is 0 Å². The van der Waals surface area contributed by atoms with E-state index >= 15 is 0 Å². The summed E-state index contributed by atoms with van der Waals surface area (Å²) in [5, 5.41) is 0.593. The largest absolute Gasteiger partial charge is 1.00 e. The van der Waals surface area contributed by atoms with E-state index in [1.54, 1.807) is 12.1 Å². The van der Waals surface area contributed by atoms with Crippen molar-refractivity contribution in [1.82, 2.24) is 0 Å². The van der Waals surface area contributed by atoms with Gasteiger partial charge in [-0.15, -0.1) is 0 Å². The minimum absolute atomic E-state index is 0. The molecule has 4 N–H and O–H groups in total. The van der Waals surface area contributed by atoms with E-state index in [1.165, 1.54) is 19.2 Å². The first kappa shape index (κ1) is 26.6. The SMILES string of the molecule is CO[C@H](CC([NH-])=O)C(Cc1ccc(Cl)cc1C)c1ccc(F)cc1F.[K+].[OH3+]. The maximum absolute atomic E-state index is 14.4. The first-order chi connectivity index (χ1) is 11.8. The Labute approximate surface area is 205 Å². The molecule has 2 aromatic rings. The number of hydrogen-bond donors (Lipinski definition) is 0. The minimum atomic E-state index is -0.799. The van der Waals surface area contributed by atoms with E-state index in [4.69, 9.17) is 22.1 Å². The first-order valence-electron chi connectivity index (χ1n) is 7.79. The Morgan fingerprint density at radius 1 is 1.22 bits per heavy atom. The molecule has 0 spiro atoms. The van der Waals surface area contributed by atoms with Crippen LogP contribution in [0.15, 0.2) is 36.4 Å². The predicted molar refractivity (Wildman–Crippen MR) is 98.6 cm³/mol. The third-order valence-corrected chi connectivity index (χ3v) is 4.48. The van der Waals surface area contributed by atoms with Crippen LogP contribution in [-0.4, -0.2) is 19.1 Å². The van der Waals surface area contributed by atoms with Crippen molar-refractivity contribution in [2.75, 3.05) is 7.11 Å². The van der Waals surface area contributed by atoms with Crippen LogP contribution in [0.25, 0.3) is 5.73 Å². The van der Waals surface area contributed by atoms with Crippen molar-refractivity contribution in [2.45, 2.75) is 31.8 Å². The van der Waals surface area contributed by atoms with Crippen molar-refractivity contribution in [3.8, 4) is 0 Å². The number of aryl methyl sites for hydroxylation is 1. The van der Waals surface area contributed by atoms with Crippen molar-refractivity contribution in [3.05, 3.63) is 75.5 Å². The van der Waals surface area contributed by atoms with Crippen molar-refractivity contribution in [2.24, 2.45) is 0 Å². The molecular weight excluding hydrogens is 403 g/mol. The number of benzene rings is 2. The van der Waals surface area contributed by atoms with Gasteiger partial charge in [0.15, 0.2) is 0 Å². The summed E-state index contributed by atoms with van der Waals surface area (Å²) < 4.78 is 33.0. The normalized spacial score (nSPS) is 12.5. The molecule has 4 nitrogen and oxygen atoms in total. The molecule has 0 radical (unpaired) electrons. The van der Waals surface area contributed by atoms with Crippen molar-refractivity contribution >= 4 is 17.5 Å². The van der Waals surface area contributed by atoms with Gasteiger partial charge in [-0.2, -0.15) is 0 Å². The van der Waals surface area contributed by atoms with Gasteiger partial charge in [-0.25, -0.2) is 8.78 Å². The molecule has 0 bridgehead atoms. The molecule has 0 aliphatic rings. The number of rotatable bonds is 7. The van der Waals surface area contributed by atoms with E-state index in [0.29, 0.717) is 11.4 Å². The molecule has 0 fully saturated rings. The summed E-state index contributed by atoms with van der Waals surface area (Å²) in [7, 11) is 1.41. The fraction of sp³-hybridized carbons (Fsp3) is 0.316. The van der Waals surface area contributed by atoms with Gasteiger partial charge in [-0.05, 0) is 48.2 Å². The summed E-state index contributed by atoms with van der Waals surface area (Å²) in [6.45, 7) is 1.89. The Kier molecular flexibility index (Phi) is 12.1. The summed E-state index contributed by atoms with van der Waals surface area (Å²) in [5.41, 5.74) is 9.31. The zero-order valence-corrected chi connectivity index (χ0v) is 19.4. The Morgan fingerprint density at radius 3 is 2.41 bits per heavy atom. The van der Waals surface area contributed by atoms with Crippen molar-refractivity contribution in [3.63, 3.8) is 0 Å². The zero-order valence-electron chi connectivity index (χ0n) is 15.6. The van der Waals surface area contributed by atoms with E-state index in [9.17, 15) is 13.6 Å². The Bertz CT molecular complexity index is 777. The van der Waals surface area contributed by atoms with Gasteiger partial charge in [-0.1, -0.05) is 23.7 Å². The van der Waals surface area contributed by atoms with Gasteiger partial charge in [0.1, 0.15) is 11.6 Å². The molecule has 1 unspecified atom stereocenters. The molecular formula is C19H22ClF2KNO3+. The first-order valence-corrected chi connectivity index (χ1v) is 8.16. The molecule has 8 heteroatoms. The van der Waals surface area contributed by atoms with Crippen LogP contribution in [0.3, 0.4) is 0 Å². The number of hydrogen-bond acceptors (Lipinski definition) is 2. The van der Waals surface area contributed by atoms with Crippen LogP contribution in [0.1, 0.15) is 29.0 Å². The molecule has 142 valence electrons. The fourth-order valence-electron chi connectivity index (χ4n) is 2.94. The number of ether oxygens (including phenoxy) is 1. The van der Waals surface area contributed by atoms with Crippen LogP contribution < -0.4 is 51.4 Å². The van der Waals surface area contributed by atoms with Gasteiger partial charge in [-0.3, -0.25) is 0 Å². The Balaban J connectivity index is 0.00000338. The molecule has 2 rings (SSSR count). The summed E-state index contributed by atoms with van der Waals surface area (Å²) in [6.07, 6.45) is -0.498. The predicted octanol–water partition coefficient (Wildman–Crippen LogP) is 1.32. The van der Waals surface area contributed by atoms with Gasteiger partial charge >= 0.3 is 51.4 Å². The van der Waals surface area contributed by atoms with Gasteiger partial charge in [0.05, 0.1) is 12.0 Å². The number of nitrogens with one attached hydrogen (secondary N) is 1. The summed E-state index contributed by atoms with van der Waals surface area (Å²) >= 11 is 5.98. The molecule has 27 heavy (non-hydrogen) atoms. The topological polar surface area (TPSA) is 83.1 Å². The molecule has 2 atom stereocenters. The number of amides is 1. The number of carbonyl (C=O) groups is 1. The second-order valence-electron chi connectivity index (χ2n) is 5.95. The molecule has 0 aliphatic carbocycles. The van der Waals surface area contributed by atoms with Crippen molar-refractivity contribution in [1.29, 1.82) is 0 Å². The van der Waals surface area contributed by atoms with E-state index in [-0.39, 0.29) is 68.8 Å². The zero-order chi connectivity index (χ0) is 18.6. The van der Waals surface area contributed by atoms with Crippen LogP contribution in [0, 0.1) is 18.6 Å². The van der Waals surface area contributed by atoms with Gasteiger partial charge in [0.25, 0.3) is 0 Å². The van der Waals surface area contributed by atoms with Gasteiger partial charge in [0.2, 0.25) is 0 Å². The Morgan fingerprint density at radius 2 is 1.89 bits per heavy atom. The number of carbonyl (C=O) groups excluding carboxylic acids is 1. The van der Waals surface area contributed by atoms with Crippen LogP contribution in [0.4, 0.5) is 8.78 Å². The Hall–Kier alpha value is -0.384. The molecule has 1 amide bonds. The number of halogens is 3. The summed E-state index contributed by atoms with van der Waals surface area (Å²) in [6, 6.07) is 8.72. The molecule has 2 aromatic carbocycles. The molecule has 0 aliphatic heterocycles. The fourth-order valence-corrected chi connectivity index (χ4v) is 3.17. The average molecular weight is 425 g/mol. The van der Waals surface area contributed by atoms with Crippen LogP contribution in [-0.2, 0) is 21.4 Å². The second-order valence-corrected chi connectivity index (χ2v) is 6.39. The van der Waals surface area contributed by atoms with Gasteiger partial charge in [0, 0.05) is 30.5 Å². The van der Waals surface area contributed by atoms with Crippen LogP contribution in [0.5, 0.6) is 0 Å². The van der Waals surface area contributed by atoms with Crippen molar-refractivity contribution < 1.29 is 75.2 Å².